The number of methoxy groups -OCH3 is 1. The van der Waals surface area contributed by atoms with Crippen molar-refractivity contribution in [2.75, 3.05) is 43.2 Å². The van der Waals surface area contributed by atoms with Crippen LogP contribution in [0.25, 0.3) is 0 Å². The van der Waals surface area contributed by atoms with Crippen molar-refractivity contribution >= 4 is 29.1 Å². The summed E-state index contributed by atoms with van der Waals surface area (Å²) in [5.41, 5.74) is 0.0227. The summed E-state index contributed by atoms with van der Waals surface area (Å²) in [6, 6.07) is 12.6. The van der Waals surface area contributed by atoms with Crippen LogP contribution >= 0.6 is 0 Å². The highest BCUT2D eigenvalue weighted by Crippen LogP contribution is 2.59. The first-order chi connectivity index (χ1) is 22.2. The Labute approximate surface area is 271 Å². The third-order valence-electron chi connectivity index (χ3n) is 9.57. The van der Waals surface area contributed by atoms with Gasteiger partial charge in [-0.1, -0.05) is 26.0 Å². The maximum absolute atomic E-state index is 14.8. The molecule has 0 aliphatic carbocycles. The molecule has 2 bridgehead atoms. The summed E-state index contributed by atoms with van der Waals surface area (Å²) in [6.45, 7) is 14.1. The summed E-state index contributed by atoms with van der Waals surface area (Å²) in [7, 11) is 1.57. The minimum Gasteiger partial charge on any atom is -0.497 e. The molecular formula is C36H45N3O7. The molecule has 10 heteroatoms. The van der Waals surface area contributed by atoms with Crippen molar-refractivity contribution in [2.45, 2.75) is 57.4 Å². The van der Waals surface area contributed by atoms with Gasteiger partial charge in [-0.05, 0) is 74.2 Å². The van der Waals surface area contributed by atoms with Crippen molar-refractivity contribution in [3.05, 3.63) is 73.8 Å². The van der Waals surface area contributed by atoms with Crippen LogP contribution in [0.4, 0.5) is 11.4 Å². The van der Waals surface area contributed by atoms with Crippen LogP contribution in [-0.4, -0.2) is 84.9 Å². The van der Waals surface area contributed by atoms with E-state index in [0.717, 1.165) is 0 Å². The summed E-state index contributed by atoms with van der Waals surface area (Å²) in [5, 5.41) is 10.6. The number of amides is 3. The number of hydrogen-bond acceptors (Lipinski definition) is 7. The van der Waals surface area contributed by atoms with Crippen molar-refractivity contribution in [3.63, 3.8) is 0 Å². The predicted molar refractivity (Wildman–Crippen MR) is 176 cm³/mol. The molecule has 3 aliphatic rings. The fourth-order valence-corrected chi connectivity index (χ4v) is 7.51. The van der Waals surface area contributed by atoms with E-state index < -0.39 is 35.6 Å². The molecule has 2 aromatic rings. The molecule has 3 fully saturated rings. The van der Waals surface area contributed by atoms with E-state index in [9.17, 15) is 19.5 Å². The lowest BCUT2D eigenvalue weighted by atomic mass is 9.70. The summed E-state index contributed by atoms with van der Waals surface area (Å²) in [5.74, 6) is -1.49. The van der Waals surface area contributed by atoms with Gasteiger partial charge in [-0.2, -0.15) is 0 Å². The Kier molecular flexibility index (Phi) is 9.88. The quantitative estimate of drug-likeness (QED) is 0.311. The number of ether oxygens (including phenoxy) is 3. The van der Waals surface area contributed by atoms with Gasteiger partial charge in [0.2, 0.25) is 11.8 Å². The fourth-order valence-electron chi connectivity index (χ4n) is 7.51. The van der Waals surface area contributed by atoms with Crippen LogP contribution in [0.5, 0.6) is 11.5 Å². The van der Waals surface area contributed by atoms with E-state index in [2.05, 4.69) is 13.2 Å². The molecule has 6 atom stereocenters. The summed E-state index contributed by atoms with van der Waals surface area (Å²) >= 11 is 0. The molecule has 3 aliphatic heterocycles. The maximum atomic E-state index is 14.8. The first-order valence-electron chi connectivity index (χ1n) is 16.0. The van der Waals surface area contributed by atoms with Gasteiger partial charge < -0.3 is 34.0 Å². The molecule has 46 heavy (non-hydrogen) atoms. The second kappa shape index (κ2) is 13.7. The minimum absolute atomic E-state index is 0.166. The number of aliphatic hydroxyl groups excluding tert-OH is 1. The zero-order valence-electron chi connectivity index (χ0n) is 27.1. The van der Waals surface area contributed by atoms with Crippen LogP contribution < -0.4 is 19.3 Å². The highest BCUT2D eigenvalue weighted by molar-refractivity contribution is 6.06. The van der Waals surface area contributed by atoms with E-state index in [4.69, 9.17) is 14.2 Å². The van der Waals surface area contributed by atoms with Crippen molar-refractivity contribution in [1.82, 2.24) is 4.90 Å². The van der Waals surface area contributed by atoms with Crippen molar-refractivity contribution in [1.29, 1.82) is 0 Å². The molecule has 1 N–H and O–H groups in total. The summed E-state index contributed by atoms with van der Waals surface area (Å²) in [4.78, 5) is 48.7. The van der Waals surface area contributed by atoms with E-state index in [1.165, 1.54) is 4.90 Å². The number of hydrogen-bond donors (Lipinski definition) is 1. The Hall–Kier alpha value is -4.15. The first-order valence-corrected chi connectivity index (χ1v) is 16.0. The highest BCUT2D eigenvalue weighted by atomic mass is 16.5. The molecular weight excluding hydrogens is 586 g/mol. The number of benzene rings is 2. The number of anilines is 2. The molecule has 2 aromatic carbocycles. The maximum Gasteiger partial charge on any atom is 0.253 e. The normalized spacial score (nSPS) is 25.3. The van der Waals surface area contributed by atoms with Gasteiger partial charge in [0.05, 0.1) is 44.3 Å². The molecule has 3 heterocycles. The van der Waals surface area contributed by atoms with Crippen LogP contribution in [0.1, 0.15) is 33.6 Å². The molecule has 246 valence electrons. The monoisotopic (exact) mass is 631 g/mol. The number of rotatable bonds is 14. The predicted octanol–water partition coefficient (Wildman–Crippen LogP) is 4.22. The molecule has 1 spiro atoms. The van der Waals surface area contributed by atoms with Crippen LogP contribution in [0.3, 0.4) is 0 Å². The number of carbonyl (C=O) groups is 3. The van der Waals surface area contributed by atoms with E-state index in [-0.39, 0.29) is 43.3 Å². The Morgan fingerprint density at radius 2 is 1.59 bits per heavy atom. The van der Waals surface area contributed by atoms with Crippen LogP contribution in [0, 0.1) is 17.8 Å². The van der Waals surface area contributed by atoms with Gasteiger partial charge >= 0.3 is 0 Å². The van der Waals surface area contributed by atoms with Gasteiger partial charge in [-0.25, -0.2) is 0 Å². The Balaban J connectivity index is 1.57. The lowest BCUT2D eigenvalue weighted by Crippen LogP contribution is -2.59. The van der Waals surface area contributed by atoms with E-state index in [0.29, 0.717) is 42.3 Å². The van der Waals surface area contributed by atoms with E-state index in [1.807, 2.05) is 32.9 Å². The van der Waals surface area contributed by atoms with Crippen molar-refractivity contribution in [3.8, 4) is 11.5 Å². The fraction of sp³-hybridized carbons (Fsp3) is 0.472. The molecule has 0 aromatic heterocycles. The lowest BCUT2D eigenvalue weighted by Gasteiger charge is -2.40. The average molecular weight is 632 g/mol. The molecule has 10 nitrogen and oxygen atoms in total. The molecule has 3 saturated heterocycles. The van der Waals surface area contributed by atoms with Crippen LogP contribution in [0.2, 0.25) is 0 Å². The SMILES string of the molecule is C=CCN(C(=O)C1N([C@@H](CO)C(C)C)C(=O)[C@@H]2[C@@H](C(=O)N(CC=C)c3ccc(OCC)cc3)[C@H]3CCC12O3)c1ccc(OC)cc1. The Morgan fingerprint density at radius 1 is 1.02 bits per heavy atom. The Bertz CT molecular complexity index is 1440. The number of carbonyl (C=O) groups excluding carboxylic acids is 3. The van der Waals surface area contributed by atoms with Gasteiger partial charge in [-0.15, -0.1) is 13.2 Å². The third-order valence-corrected chi connectivity index (χ3v) is 9.57. The number of likely N-dealkylation sites (tertiary alicyclic amines) is 1. The van der Waals surface area contributed by atoms with Crippen molar-refractivity contribution < 1.29 is 33.7 Å². The van der Waals surface area contributed by atoms with Crippen molar-refractivity contribution in [2.24, 2.45) is 17.8 Å². The van der Waals surface area contributed by atoms with E-state index >= 15 is 0 Å². The summed E-state index contributed by atoms with van der Waals surface area (Å²) in [6.07, 6.45) is 3.72. The van der Waals surface area contributed by atoms with Crippen LogP contribution in [0.15, 0.2) is 73.8 Å². The lowest BCUT2D eigenvalue weighted by molar-refractivity contribution is -0.145. The molecule has 3 amide bonds. The second-order valence-electron chi connectivity index (χ2n) is 12.4. The zero-order chi connectivity index (χ0) is 33.2. The Morgan fingerprint density at radius 3 is 2.09 bits per heavy atom. The number of aliphatic hydroxyl groups is 1. The molecule has 0 radical (unpaired) electrons. The standard InChI is InChI=1S/C36H45N3O7/c1-7-20-37(24-12-16-27(17-13-24)45-9-3)33(41)30-29-18-19-36(46-29)31(30)34(42)39(28(22-40)23(4)5)32(36)35(43)38(21-8-2)25-10-14-26(44-6)15-11-25/h7-8,10-17,23,28-32,40H,1-2,9,18-22H2,3-6H3/t28-,29+,30-,31-,32?,36?/m0/s1. The smallest absolute Gasteiger partial charge is 0.253 e. The molecule has 2 unspecified atom stereocenters. The second-order valence-corrected chi connectivity index (χ2v) is 12.4. The van der Waals surface area contributed by atoms with Gasteiger partial charge in [0, 0.05) is 24.5 Å². The van der Waals surface area contributed by atoms with Gasteiger partial charge in [0.25, 0.3) is 5.91 Å². The van der Waals surface area contributed by atoms with Crippen LogP contribution in [-0.2, 0) is 19.1 Å². The number of fused-ring (bicyclic) bond motifs is 1. The largest absolute Gasteiger partial charge is 0.497 e. The molecule has 5 rings (SSSR count). The zero-order valence-corrected chi connectivity index (χ0v) is 27.1. The van der Waals surface area contributed by atoms with Gasteiger partial charge in [0.15, 0.2) is 0 Å². The molecule has 0 saturated carbocycles. The highest BCUT2D eigenvalue weighted by Gasteiger charge is 2.75. The number of nitrogens with zero attached hydrogens (tertiary/aromatic N) is 3. The topological polar surface area (TPSA) is 109 Å². The third kappa shape index (κ3) is 5.58. The van der Waals surface area contributed by atoms with Gasteiger partial charge in [-0.3, -0.25) is 14.4 Å². The van der Waals surface area contributed by atoms with E-state index in [1.54, 1.807) is 65.5 Å². The minimum atomic E-state index is -1.23. The first kappa shape index (κ1) is 33.2. The summed E-state index contributed by atoms with van der Waals surface area (Å²) < 4.78 is 17.6. The van der Waals surface area contributed by atoms with Gasteiger partial charge in [0.1, 0.15) is 23.1 Å². The average Bonchev–Trinajstić information content (AvgIpc) is 3.70.